The minimum Gasteiger partial charge on any atom is -0.316 e. The van der Waals surface area contributed by atoms with E-state index in [2.05, 4.69) is 47.6 Å². The van der Waals surface area contributed by atoms with Crippen LogP contribution in [-0.4, -0.2) is 38.1 Å². The summed E-state index contributed by atoms with van der Waals surface area (Å²) in [5.74, 6) is 0.901. The van der Waals surface area contributed by atoms with E-state index in [0.29, 0.717) is 0 Å². The standard InChI is InChI=1S/C16H26N2/c1-18(12-9-15-6-3-2-4-7-15)13-10-16-8-5-11-17-14-16/h2-4,6-7,16-17H,5,8-14H2,1H3/t16-/m0/s1. The fourth-order valence-electron chi connectivity index (χ4n) is 2.65. The number of hydrogen-bond acceptors (Lipinski definition) is 2. The fourth-order valence-corrected chi connectivity index (χ4v) is 2.65. The molecule has 1 aliphatic heterocycles. The smallest absolute Gasteiger partial charge is 0.00188 e. The van der Waals surface area contributed by atoms with E-state index in [4.69, 9.17) is 0 Å². The summed E-state index contributed by atoms with van der Waals surface area (Å²) in [4.78, 5) is 2.47. The van der Waals surface area contributed by atoms with E-state index in [0.717, 1.165) is 5.92 Å². The van der Waals surface area contributed by atoms with Crippen LogP contribution in [0.4, 0.5) is 0 Å². The molecule has 0 bridgehead atoms. The molecule has 0 amide bonds. The summed E-state index contributed by atoms with van der Waals surface area (Å²) in [5, 5.41) is 3.50. The predicted octanol–water partition coefficient (Wildman–Crippen LogP) is 2.55. The van der Waals surface area contributed by atoms with Crippen molar-refractivity contribution in [1.29, 1.82) is 0 Å². The second-order valence-electron chi connectivity index (χ2n) is 5.54. The van der Waals surface area contributed by atoms with Crippen molar-refractivity contribution >= 4 is 0 Å². The monoisotopic (exact) mass is 246 g/mol. The molecule has 2 nitrogen and oxygen atoms in total. The maximum Gasteiger partial charge on any atom is 0.00188 e. The van der Waals surface area contributed by atoms with Crippen LogP contribution in [0.5, 0.6) is 0 Å². The lowest BCUT2D eigenvalue weighted by Crippen LogP contribution is -2.32. The summed E-state index contributed by atoms with van der Waals surface area (Å²) in [5.41, 5.74) is 1.45. The van der Waals surface area contributed by atoms with Gasteiger partial charge in [-0.1, -0.05) is 30.3 Å². The first kappa shape index (κ1) is 13.6. The van der Waals surface area contributed by atoms with Crippen LogP contribution in [0.1, 0.15) is 24.8 Å². The Morgan fingerprint density at radius 2 is 2.06 bits per heavy atom. The first-order valence-electron chi connectivity index (χ1n) is 7.28. The van der Waals surface area contributed by atoms with Gasteiger partial charge in [0.2, 0.25) is 0 Å². The zero-order chi connectivity index (χ0) is 12.6. The molecule has 1 fully saturated rings. The quantitative estimate of drug-likeness (QED) is 0.830. The number of benzene rings is 1. The van der Waals surface area contributed by atoms with Crippen molar-refractivity contribution in [2.24, 2.45) is 5.92 Å². The van der Waals surface area contributed by atoms with Gasteiger partial charge in [-0.3, -0.25) is 0 Å². The van der Waals surface area contributed by atoms with Crippen LogP contribution in [0.25, 0.3) is 0 Å². The second-order valence-corrected chi connectivity index (χ2v) is 5.54. The summed E-state index contributed by atoms with van der Waals surface area (Å²) in [7, 11) is 2.25. The molecule has 18 heavy (non-hydrogen) atoms. The zero-order valence-electron chi connectivity index (χ0n) is 11.6. The highest BCUT2D eigenvalue weighted by atomic mass is 15.1. The third-order valence-electron chi connectivity index (χ3n) is 3.94. The SMILES string of the molecule is CN(CCc1ccccc1)CC[C@@H]1CCCNC1. The summed E-state index contributed by atoms with van der Waals surface area (Å²) >= 11 is 0. The van der Waals surface area contributed by atoms with Gasteiger partial charge in [-0.15, -0.1) is 0 Å². The van der Waals surface area contributed by atoms with E-state index in [-0.39, 0.29) is 0 Å². The summed E-state index contributed by atoms with van der Waals surface area (Å²) in [6.45, 7) is 4.86. The van der Waals surface area contributed by atoms with Gasteiger partial charge in [0, 0.05) is 6.54 Å². The molecule has 1 aromatic rings. The number of hydrogen-bond donors (Lipinski definition) is 1. The third-order valence-corrected chi connectivity index (χ3v) is 3.94. The largest absolute Gasteiger partial charge is 0.316 e. The molecule has 0 aromatic heterocycles. The van der Waals surface area contributed by atoms with Crippen LogP contribution in [0.3, 0.4) is 0 Å². The van der Waals surface area contributed by atoms with Crippen molar-refractivity contribution in [3.63, 3.8) is 0 Å². The maximum atomic E-state index is 3.50. The molecule has 100 valence electrons. The average Bonchev–Trinajstić information content (AvgIpc) is 2.45. The first-order valence-corrected chi connectivity index (χ1v) is 7.28. The van der Waals surface area contributed by atoms with Crippen molar-refractivity contribution < 1.29 is 0 Å². The number of rotatable bonds is 6. The van der Waals surface area contributed by atoms with Crippen molar-refractivity contribution in [1.82, 2.24) is 10.2 Å². The normalized spacial score (nSPS) is 20.2. The lowest BCUT2D eigenvalue weighted by Gasteiger charge is -2.25. The van der Waals surface area contributed by atoms with Crippen molar-refractivity contribution in [3.05, 3.63) is 35.9 Å². The molecule has 1 aromatic carbocycles. The Morgan fingerprint density at radius 1 is 1.22 bits per heavy atom. The molecular formula is C16H26N2. The molecule has 0 saturated carbocycles. The Balaban J connectivity index is 1.61. The highest BCUT2D eigenvalue weighted by Gasteiger charge is 2.13. The van der Waals surface area contributed by atoms with Gasteiger partial charge in [-0.05, 0) is 63.8 Å². The van der Waals surface area contributed by atoms with E-state index in [1.54, 1.807) is 0 Å². The van der Waals surface area contributed by atoms with Crippen LogP contribution in [0.15, 0.2) is 30.3 Å². The van der Waals surface area contributed by atoms with Crippen LogP contribution < -0.4 is 5.32 Å². The molecule has 2 rings (SSSR count). The van der Waals surface area contributed by atoms with Crippen LogP contribution >= 0.6 is 0 Å². The van der Waals surface area contributed by atoms with Gasteiger partial charge in [0.1, 0.15) is 0 Å². The Bertz CT molecular complexity index is 317. The Labute approximate surface area is 111 Å². The van der Waals surface area contributed by atoms with Gasteiger partial charge in [0.25, 0.3) is 0 Å². The first-order chi connectivity index (χ1) is 8.84. The predicted molar refractivity (Wildman–Crippen MR) is 77.9 cm³/mol. The Kier molecular flexibility index (Phi) is 5.69. The molecule has 0 aliphatic carbocycles. The summed E-state index contributed by atoms with van der Waals surface area (Å²) < 4.78 is 0. The molecule has 1 atom stereocenters. The lowest BCUT2D eigenvalue weighted by molar-refractivity contribution is 0.275. The molecule has 0 radical (unpaired) electrons. The van der Waals surface area contributed by atoms with E-state index in [1.807, 2.05) is 0 Å². The third kappa shape index (κ3) is 4.79. The molecule has 1 saturated heterocycles. The van der Waals surface area contributed by atoms with E-state index in [1.165, 1.54) is 57.4 Å². The Hall–Kier alpha value is -0.860. The zero-order valence-corrected chi connectivity index (χ0v) is 11.6. The van der Waals surface area contributed by atoms with Gasteiger partial charge in [-0.2, -0.15) is 0 Å². The van der Waals surface area contributed by atoms with Crippen LogP contribution in [-0.2, 0) is 6.42 Å². The Morgan fingerprint density at radius 3 is 2.78 bits per heavy atom. The van der Waals surface area contributed by atoms with Gasteiger partial charge in [0.05, 0.1) is 0 Å². The molecule has 0 spiro atoms. The number of nitrogens with zero attached hydrogens (tertiary/aromatic N) is 1. The highest BCUT2D eigenvalue weighted by molar-refractivity contribution is 5.14. The van der Waals surface area contributed by atoms with E-state index < -0.39 is 0 Å². The topological polar surface area (TPSA) is 15.3 Å². The van der Waals surface area contributed by atoms with Crippen molar-refractivity contribution in [2.75, 3.05) is 33.2 Å². The average molecular weight is 246 g/mol. The van der Waals surface area contributed by atoms with E-state index >= 15 is 0 Å². The van der Waals surface area contributed by atoms with Crippen molar-refractivity contribution in [3.8, 4) is 0 Å². The second kappa shape index (κ2) is 7.55. The number of piperidine rings is 1. The number of nitrogens with one attached hydrogen (secondary N) is 1. The molecule has 0 unspecified atom stereocenters. The van der Waals surface area contributed by atoms with Gasteiger partial charge in [-0.25, -0.2) is 0 Å². The van der Waals surface area contributed by atoms with E-state index in [9.17, 15) is 0 Å². The molecular weight excluding hydrogens is 220 g/mol. The molecule has 1 heterocycles. The molecule has 1 N–H and O–H groups in total. The molecule has 2 heteroatoms. The minimum absolute atomic E-state index is 0.901. The minimum atomic E-state index is 0.901. The van der Waals surface area contributed by atoms with Crippen molar-refractivity contribution in [2.45, 2.75) is 25.7 Å². The molecule has 1 aliphatic rings. The maximum absolute atomic E-state index is 3.50. The van der Waals surface area contributed by atoms with Crippen LogP contribution in [0, 0.1) is 5.92 Å². The van der Waals surface area contributed by atoms with Gasteiger partial charge < -0.3 is 10.2 Å². The number of likely N-dealkylation sites (N-methyl/N-ethyl adjacent to an activating group) is 1. The lowest BCUT2D eigenvalue weighted by atomic mass is 9.96. The summed E-state index contributed by atoms with van der Waals surface area (Å²) in [6, 6.07) is 10.8. The van der Waals surface area contributed by atoms with Gasteiger partial charge in [0.15, 0.2) is 0 Å². The van der Waals surface area contributed by atoms with Crippen LogP contribution in [0.2, 0.25) is 0 Å². The summed E-state index contributed by atoms with van der Waals surface area (Å²) in [6.07, 6.45) is 5.29. The fraction of sp³-hybridized carbons (Fsp3) is 0.625. The van der Waals surface area contributed by atoms with Gasteiger partial charge >= 0.3 is 0 Å². The highest BCUT2D eigenvalue weighted by Crippen LogP contribution is 2.14.